The van der Waals surface area contributed by atoms with E-state index in [0.717, 1.165) is 5.57 Å². The van der Waals surface area contributed by atoms with Crippen LogP contribution in [0.25, 0.3) is 0 Å². The van der Waals surface area contributed by atoms with Crippen LogP contribution in [0, 0.1) is 11.3 Å². The number of hydrogen-bond acceptors (Lipinski definition) is 3. The van der Waals surface area contributed by atoms with Gasteiger partial charge in [-0.2, -0.15) is 5.26 Å². The van der Waals surface area contributed by atoms with E-state index in [-0.39, 0.29) is 6.04 Å². The molecular weight excluding hydrogens is 186 g/mol. The number of rotatable bonds is 0. The fourth-order valence-electron chi connectivity index (χ4n) is 2.30. The highest BCUT2D eigenvalue weighted by Gasteiger charge is 2.32. The second-order valence-corrected chi connectivity index (χ2v) is 3.92. The van der Waals surface area contributed by atoms with Gasteiger partial charge in [0.1, 0.15) is 0 Å². The van der Waals surface area contributed by atoms with Gasteiger partial charge in [0, 0.05) is 17.8 Å². The molecule has 2 N–H and O–H groups in total. The lowest BCUT2D eigenvalue weighted by atomic mass is 9.98. The number of nitriles is 1. The first kappa shape index (κ1) is 8.51. The molecule has 0 bridgehead atoms. The summed E-state index contributed by atoms with van der Waals surface area (Å²) in [6.07, 6.45) is 2.03. The molecule has 2 atom stereocenters. The summed E-state index contributed by atoms with van der Waals surface area (Å²) in [4.78, 5) is 0. The summed E-state index contributed by atoms with van der Waals surface area (Å²) in [6, 6.07) is 11.0. The zero-order valence-electron chi connectivity index (χ0n) is 8.20. The van der Waals surface area contributed by atoms with Gasteiger partial charge in [-0.25, -0.2) is 0 Å². The fraction of sp³-hybridized carbons (Fsp3) is 0.250. The summed E-state index contributed by atoms with van der Waals surface area (Å²) < 4.78 is 0. The number of nitrogens with zero attached hydrogens (tertiary/aromatic N) is 1. The van der Waals surface area contributed by atoms with E-state index < -0.39 is 0 Å². The van der Waals surface area contributed by atoms with E-state index in [9.17, 15) is 0 Å². The molecule has 15 heavy (non-hydrogen) atoms. The van der Waals surface area contributed by atoms with Crippen LogP contribution >= 0.6 is 0 Å². The van der Waals surface area contributed by atoms with Crippen LogP contribution in [0.3, 0.4) is 0 Å². The monoisotopic (exact) mass is 197 g/mol. The van der Waals surface area contributed by atoms with Gasteiger partial charge in [0.2, 0.25) is 0 Å². The third-order valence-corrected chi connectivity index (χ3v) is 3.01. The van der Waals surface area contributed by atoms with Crippen molar-refractivity contribution in [3.8, 4) is 6.07 Å². The van der Waals surface area contributed by atoms with Gasteiger partial charge in [-0.1, -0.05) is 18.2 Å². The Morgan fingerprint density at radius 2 is 2.20 bits per heavy atom. The number of nitrogens with one attached hydrogen (secondary N) is 2. The van der Waals surface area contributed by atoms with Gasteiger partial charge in [0.25, 0.3) is 0 Å². The third kappa shape index (κ3) is 1.23. The molecule has 0 spiro atoms. The van der Waals surface area contributed by atoms with Crippen molar-refractivity contribution in [1.29, 1.82) is 5.26 Å². The quantitative estimate of drug-likeness (QED) is 0.663. The van der Waals surface area contributed by atoms with E-state index in [2.05, 4.69) is 28.8 Å². The standard InChI is InChI=1S/C12H11N3/c13-6-8-5-11-12(14-7-8)9-3-1-2-4-10(9)15-11/h1-5,11-12,14-15H,7H2. The Morgan fingerprint density at radius 1 is 1.33 bits per heavy atom. The zero-order chi connectivity index (χ0) is 10.3. The Bertz CT molecular complexity index is 470. The van der Waals surface area contributed by atoms with Crippen molar-refractivity contribution in [3.63, 3.8) is 0 Å². The number of benzene rings is 1. The predicted molar refractivity (Wildman–Crippen MR) is 58.3 cm³/mol. The number of anilines is 1. The van der Waals surface area contributed by atoms with Crippen molar-refractivity contribution in [3.05, 3.63) is 41.5 Å². The minimum absolute atomic E-state index is 0.228. The SMILES string of the molecule is N#CC1=CC2Nc3ccccc3C2NC1. The molecule has 2 unspecified atom stereocenters. The molecule has 0 aliphatic carbocycles. The Hall–Kier alpha value is -1.79. The summed E-state index contributed by atoms with van der Waals surface area (Å²) >= 11 is 0. The maximum absolute atomic E-state index is 8.84. The molecule has 2 aliphatic heterocycles. The third-order valence-electron chi connectivity index (χ3n) is 3.01. The molecule has 2 aliphatic rings. The Morgan fingerprint density at radius 3 is 3.07 bits per heavy atom. The van der Waals surface area contributed by atoms with Crippen LogP contribution in [-0.2, 0) is 0 Å². The molecule has 0 fully saturated rings. The fourth-order valence-corrected chi connectivity index (χ4v) is 2.30. The van der Waals surface area contributed by atoms with Gasteiger partial charge in [0.15, 0.2) is 0 Å². The van der Waals surface area contributed by atoms with Gasteiger partial charge < -0.3 is 10.6 Å². The van der Waals surface area contributed by atoms with Crippen LogP contribution < -0.4 is 10.6 Å². The van der Waals surface area contributed by atoms with Gasteiger partial charge in [-0.15, -0.1) is 0 Å². The molecule has 0 aromatic heterocycles. The highest BCUT2D eigenvalue weighted by Crippen LogP contribution is 2.36. The average Bonchev–Trinajstić information content (AvgIpc) is 2.66. The highest BCUT2D eigenvalue weighted by atomic mass is 15.1. The van der Waals surface area contributed by atoms with Crippen LogP contribution in [0.4, 0.5) is 5.69 Å². The van der Waals surface area contributed by atoms with E-state index >= 15 is 0 Å². The van der Waals surface area contributed by atoms with E-state index in [1.54, 1.807) is 0 Å². The topological polar surface area (TPSA) is 47.9 Å². The maximum atomic E-state index is 8.84. The van der Waals surface area contributed by atoms with E-state index in [1.807, 2.05) is 18.2 Å². The molecule has 3 heteroatoms. The van der Waals surface area contributed by atoms with Crippen molar-refractivity contribution >= 4 is 5.69 Å². The predicted octanol–water partition coefficient (Wildman–Crippen LogP) is 1.57. The largest absolute Gasteiger partial charge is 0.377 e. The second-order valence-electron chi connectivity index (χ2n) is 3.92. The molecule has 0 radical (unpaired) electrons. The summed E-state index contributed by atoms with van der Waals surface area (Å²) in [5.74, 6) is 0. The van der Waals surface area contributed by atoms with Gasteiger partial charge in [-0.05, 0) is 17.7 Å². The van der Waals surface area contributed by atoms with Crippen LogP contribution in [0.5, 0.6) is 0 Å². The Balaban J connectivity index is 2.01. The first-order valence-electron chi connectivity index (χ1n) is 5.08. The molecule has 0 saturated carbocycles. The molecule has 3 rings (SSSR count). The van der Waals surface area contributed by atoms with Crippen LogP contribution in [0.15, 0.2) is 35.9 Å². The molecule has 1 aromatic rings. The first-order chi connectivity index (χ1) is 7.38. The normalized spacial score (nSPS) is 27.0. The molecule has 3 nitrogen and oxygen atoms in total. The van der Waals surface area contributed by atoms with E-state index in [4.69, 9.17) is 5.26 Å². The van der Waals surface area contributed by atoms with Crippen molar-refractivity contribution in [1.82, 2.24) is 5.32 Å². The van der Waals surface area contributed by atoms with E-state index in [0.29, 0.717) is 12.6 Å². The number of para-hydroxylation sites is 1. The van der Waals surface area contributed by atoms with Crippen LogP contribution in [0.2, 0.25) is 0 Å². The van der Waals surface area contributed by atoms with Gasteiger partial charge in [-0.3, -0.25) is 0 Å². The Labute approximate surface area is 88.4 Å². The summed E-state index contributed by atoms with van der Waals surface area (Å²) in [5, 5.41) is 15.6. The minimum Gasteiger partial charge on any atom is -0.377 e. The lowest BCUT2D eigenvalue weighted by Gasteiger charge is -2.23. The number of hydrogen-bond donors (Lipinski definition) is 2. The minimum atomic E-state index is 0.228. The van der Waals surface area contributed by atoms with E-state index in [1.165, 1.54) is 11.3 Å². The highest BCUT2D eigenvalue weighted by molar-refractivity contribution is 5.61. The van der Waals surface area contributed by atoms with Crippen LogP contribution in [-0.4, -0.2) is 12.6 Å². The molecule has 1 aromatic carbocycles. The molecular formula is C12H11N3. The molecule has 0 saturated heterocycles. The molecule has 74 valence electrons. The lowest BCUT2D eigenvalue weighted by Crippen LogP contribution is -2.36. The van der Waals surface area contributed by atoms with Crippen LogP contribution in [0.1, 0.15) is 11.6 Å². The molecule has 2 heterocycles. The van der Waals surface area contributed by atoms with Gasteiger partial charge >= 0.3 is 0 Å². The van der Waals surface area contributed by atoms with Crippen molar-refractivity contribution < 1.29 is 0 Å². The molecule has 0 amide bonds. The Kier molecular flexibility index (Phi) is 1.77. The first-order valence-corrected chi connectivity index (χ1v) is 5.08. The van der Waals surface area contributed by atoms with Crippen molar-refractivity contribution in [2.45, 2.75) is 12.1 Å². The van der Waals surface area contributed by atoms with Crippen molar-refractivity contribution in [2.75, 3.05) is 11.9 Å². The zero-order valence-corrected chi connectivity index (χ0v) is 8.20. The number of fused-ring (bicyclic) bond motifs is 3. The van der Waals surface area contributed by atoms with Crippen molar-refractivity contribution in [2.24, 2.45) is 0 Å². The van der Waals surface area contributed by atoms with Gasteiger partial charge in [0.05, 0.1) is 18.2 Å². The summed E-state index contributed by atoms with van der Waals surface area (Å²) in [5.41, 5.74) is 3.29. The maximum Gasteiger partial charge on any atom is 0.0958 e. The second kappa shape index (κ2) is 3.11. The summed E-state index contributed by atoms with van der Waals surface area (Å²) in [7, 11) is 0. The smallest absolute Gasteiger partial charge is 0.0958 e. The summed E-state index contributed by atoms with van der Waals surface area (Å²) in [6.45, 7) is 0.674. The lowest BCUT2D eigenvalue weighted by molar-refractivity contribution is 0.532. The average molecular weight is 197 g/mol.